The number of carbonyl (C=O) groups excluding carboxylic acids is 2. The molecule has 1 aliphatic heterocycles. The first kappa shape index (κ1) is 12.5. The number of hydrogen-bond acceptors (Lipinski definition) is 3. The van der Waals surface area contributed by atoms with Crippen LogP contribution in [0.2, 0.25) is 0 Å². The van der Waals surface area contributed by atoms with Gasteiger partial charge in [-0.1, -0.05) is 40.2 Å². The maximum Gasteiger partial charge on any atom is 0.211 e. The van der Waals surface area contributed by atoms with Crippen LogP contribution in [0.15, 0.2) is 58.2 Å². The van der Waals surface area contributed by atoms with Crippen molar-refractivity contribution < 1.29 is 9.59 Å². The third kappa shape index (κ3) is 1.79. The number of fused-ring (bicyclic) bond motifs is 2. The molecule has 1 aliphatic carbocycles. The molecule has 0 unspecified atom stereocenters. The molecule has 4 rings (SSSR count). The molecule has 2 aromatic carbocycles. The molecule has 2 aliphatic rings. The monoisotopic (exact) mass is 339 g/mol. The van der Waals surface area contributed by atoms with Crippen LogP contribution in [0.4, 0.5) is 5.69 Å². The van der Waals surface area contributed by atoms with Gasteiger partial charge < -0.3 is 5.32 Å². The van der Waals surface area contributed by atoms with Crippen LogP contribution in [0.25, 0.3) is 0 Å². The maximum atomic E-state index is 12.5. The lowest BCUT2D eigenvalue weighted by molar-refractivity contribution is 0.101. The Kier molecular flexibility index (Phi) is 2.62. The van der Waals surface area contributed by atoms with Crippen molar-refractivity contribution in [2.24, 2.45) is 0 Å². The van der Waals surface area contributed by atoms with Crippen LogP contribution >= 0.6 is 15.9 Å². The van der Waals surface area contributed by atoms with Crippen molar-refractivity contribution in [3.05, 3.63) is 74.9 Å². The van der Waals surface area contributed by atoms with Crippen LogP contribution in [0.5, 0.6) is 0 Å². The first-order chi connectivity index (χ1) is 10.1. The minimum Gasteiger partial charge on any atom is -0.351 e. The zero-order valence-corrected chi connectivity index (χ0v) is 12.5. The third-order valence-electron chi connectivity index (χ3n) is 3.92. The fourth-order valence-electron chi connectivity index (χ4n) is 2.89. The SMILES string of the molecule is O=C1/C(=C2\Nc3cc(Br)ccc3C2=O)Cc2ccccc21. The normalized spacial score (nSPS) is 19.5. The molecular weight excluding hydrogens is 330 g/mol. The van der Waals surface area contributed by atoms with Crippen LogP contribution in [0, 0.1) is 0 Å². The lowest BCUT2D eigenvalue weighted by atomic mass is 10.1. The third-order valence-corrected chi connectivity index (χ3v) is 4.41. The lowest BCUT2D eigenvalue weighted by Gasteiger charge is -2.02. The van der Waals surface area contributed by atoms with Gasteiger partial charge in [0.2, 0.25) is 5.78 Å². The van der Waals surface area contributed by atoms with Crippen molar-refractivity contribution in [2.45, 2.75) is 6.42 Å². The molecule has 3 nitrogen and oxygen atoms in total. The van der Waals surface area contributed by atoms with E-state index in [1.54, 1.807) is 6.07 Å². The Morgan fingerprint density at radius 1 is 0.952 bits per heavy atom. The molecule has 21 heavy (non-hydrogen) atoms. The zero-order chi connectivity index (χ0) is 14.6. The van der Waals surface area contributed by atoms with Gasteiger partial charge in [-0.15, -0.1) is 0 Å². The lowest BCUT2D eigenvalue weighted by Crippen LogP contribution is -2.09. The Bertz CT molecular complexity index is 852. The van der Waals surface area contributed by atoms with Gasteiger partial charge in [0.1, 0.15) is 0 Å². The standard InChI is InChI=1S/C17H10BrNO2/c18-10-5-6-12-14(8-10)19-15(17(12)21)13-7-9-3-1-2-4-11(9)16(13)20/h1-6,8,19H,7H2/b15-13-. The molecule has 2 aromatic rings. The van der Waals surface area contributed by atoms with E-state index in [2.05, 4.69) is 21.2 Å². The van der Waals surface area contributed by atoms with E-state index in [0.29, 0.717) is 28.8 Å². The van der Waals surface area contributed by atoms with Crippen LogP contribution < -0.4 is 5.32 Å². The van der Waals surface area contributed by atoms with Crippen molar-refractivity contribution >= 4 is 33.2 Å². The minimum atomic E-state index is -0.103. The Morgan fingerprint density at radius 3 is 2.57 bits per heavy atom. The number of nitrogens with one attached hydrogen (secondary N) is 1. The van der Waals surface area contributed by atoms with Gasteiger partial charge in [-0.2, -0.15) is 0 Å². The summed E-state index contributed by atoms with van der Waals surface area (Å²) in [5, 5.41) is 3.11. The highest BCUT2D eigenvalue weighted by atomic mass is 79.9. The summed E-state index contributed by atoms with van der Waals surface area (Å²) in [4.78, 5) is 25.0. The topological polar surface area (TPSA) is 46.2 Å². The number of benzene rings is 2. The molecule has 0 fully saturated rings. The number of carbonyl (C=O) groups is 2. The van der Waals surface area contributed by atoms with Crippen molar-refractivity contribution in [1.29, 1.82) is 0 Å². The Balaban J connectivity index is 1.83. The van der Waals surface area contributed by atoms with Crippen LogP contribution in [-0.4, -0.2) is 11.6 Å². The quantitative estimate of drug-likeness (QED) is 0.743. The second-order valence-corrected chi connectivity index (χ2v) is 6.08. The van der Waals surface area contributed by atoms with E-state index in [1.165, 1.54) is 0 Å². The fourth-order valence-corrected chi connectivity index (χ4v) is 3.25. The summed E-state index contributed by atoms with van der Waals surface area (Å²) in [5.74, 6) is -0.151. The van der Waals surface area contributed by atoms with E-state index in [0.717, 1.165) is 15.7 Å². The summed E-state index contributed by atoms with van der Waals surface area (Å²) in [6, 6.07) is 13.0. The van der Waals surface area contributed by atoms with Gasteiger partial charge in [0.05, 0.1) is 11.4 Å². The van der Waals surface area contributed by atoms with E-state index in [-0.39, 0.29) is 11.6 Å². The largest absolute Gasteiger partial charge is 0.351 e. The van der Waals surface area contributed by atoms with E-state index in [4.69, 9.17) is 0 Å². The second-order valence-electron chi connectivity index (χ2n) is 5.16. The highest BCUT2D eigenvalue weighted by Crippen LogP contribution is 2.36. The van der Waals surface area contributed by atoms with E-state index < -0.39 is 0 Å². The maximum absolute atomic E-state index is 12.5. The van der Waals surface area contributed by atoms with E-state index in [1.807, 2.05) is 36.4 Å². The van der Waals surface area contributed by atoms with Gasteiger partial charge in [-0.05, 0) is 23.8 Å². The molecule has 1 heterocycles. The Labute approximate surface area is 129 Å². The highest BCUT2D eigenvalue weighted by Gasteiger charge is 2.34. The first-order valence-electron chi connectivity index (χ1n) is 6.62. The summed E-state index contributed by atoms with van der Waals surface area (Å²) < 4.78 is 0.897. The first-order valence-corrected chi connectivity index (χ1v) is 7.41. The van der Waals surface area contributed by atoms with Crippen molar-refractivity contribution in [2.75, 3.05) is 5.32 Å². The summed E-state index contributed by atoms with van der Waals surface area (Å²) in [6.07, 6.45) is 0.512. The molecule has 0 saturated carbocycles. The Hall–Kier alpha value is -2.20. The molecule has 0 bridgehead atoms. The fraction of sp³-hybridized carbons (Fsp3) is 0.0588. The average molecular weight is 340 g/mol. The Morgan fingerprint density at radius 2 is 1.76 bits per heavy atom. The molecule has 0 radical (unpaired) electrons. The van der Waals surface area contributed by atoms with E-state index in [9.17, 15) is 9.59 Å². The zero-order valence-electron chi connectivity index (χ0n) is 10.9. The summed E-state index contributed by atoms with van der Waals surface area (Å²) in [5.41, 5.74) is 4.03. The van der Waals surface area contributed by atoms with Crippen molar-refractivity contribution in [3.8, 4) is 0 Å². The van der Waals surface area contributed by atoms with Gasteiger partial charge in [0, 0.05) is 27.6 Å². The van der Waals surface area contributed by atoms with Crippen LogP contribution in [0.1, 0.15) is 26.3 Å². The minimum absolute atomic E-state index is 0.0479. The molecule has 0 amide bonds. The molecular formula is C17H10BrNO2. The van der Waals surface area contributed by atoms with Crippen molar-refractivity contribution in [3.63, 3.8) is 0 Å². The summed E-state index contributed by atoms with van der Waals surface area (Å²) in [7, 11) is 0. The molecule has 0 spiro atoms. The number of halogens is 1. The summed E-state index contributed by atoms with van der Waals surface area (Å²) in [6.45, 7) is 0. The molecule has 102 valence electrons. The van der Waals surface area contributed by atoms with Crippen LogP contribution in [-0.2, 0) is 6.42 Å². The molecule has 1 N–H and O–H groups in total. The van der Waals surface area contributed by atoms with Crippen LogP contribution in [0.3, 0.4) is 0 Å². The van der Waals surface area contributed by atoms with Gasteiger partial charge >= 0.3 is 0 Å². The van der Waals surface area contributed by atoms with Crippen molar-refractivity contribution in [1.82, 2.24) is 0 Å². The molecule has 0 atom stereocenters. The molecule has 0 saturated heterocycles. The number of rotatable bonds is 0. The smallest absolute Gasteiger partial charge is 0.211 e. The predicted octanol–water partition coefficient (Wildman–Crippen LogP) is 3.75. The van der Waals surface area contributed by atoms with Gasteiger partial charge in [0.15, 0.2) is 5.78 Å². The number of ketones is 2. The molecule has 4 heteroatoms. The van der Waals surface area contributed by atoms with Gasteiger partial charge in [0.25, 0.3) is 0 Å². The summed E-state index contributed by atoms with van der Waals surface area (Å²) >= 11 is 3.39. The number of anilines is 1. The number of hydrogen-bond donors (Lipinski definition) is 1. The molecule has 0 aromatic heterocycles. The number of allylic oxidation sites excluding steroid dienone is 2. The second kappa shape index (κ2) is 4.40. The van der Waals surface area contributed by atoms with Gasteiger partial charge in [-0.3, -0.25) is 9.59 Å². The average Bonchev–Trinajstić information content (AvgIpc) is 2.97. The predicted molar refractivity (Wildman–Crippen MR) is 83.6 cm³/mol. The van der Waals surface area contributed by atoms with E-state index >= 15 is 0 Å². The highest BCUT2D eigenvalue weighted by molar-refractivity contribution is 9.10. The number of Topliss-reactive ketones (excluding diaryl/α,β-unsaturated/α-hetero) is 2. The van der Waals surface area contributed by atoms with Gasteiger partial charge in [-0.25, -0.2) is 0 Å².